The molecule has 0 aliphatic rings. The number of aromatic nitrogens is 4. The molecule has 9 heteroatoms. The van der Waals surface area contributed by atoms with Crippen molar-refractivity contribution in [3.63, 3.8) is 0 Å². The van der Waals surface area contributed by atoms with Crippen LogP contribution in [0.25, 0.3) is 109 Å². The maximum Gasteiger partial charge on any atom is 2.00 e. The molecule has 4 heterocycles. The number of pyridine rings is 2. The van der Waals surface area contributed by atoms with Gasteiger partial charge in [0.2, 0.25) is 11.0 Å². The molecule has 4 aromatic heterocycles. The predicted octanol–water partition coefficient (Wildman–Crippen LogP) is 12.9. The Kier molecular flexibility index (Phi) is 13.6. The fourth-order valence-electron chi connectivity index (χ4n) is 9.89. The van der Waals surface area contributed by atoms with Gasteiger partial charge in [-0.2, -0.15) is 0 Å². The Hall–Kier alpha value is -8.60. The summed E-state index contributed by atoms with van der Waals surface area (Å²) >= 11 is 0. The second-order valence-corrected chi connectivity index (χ2v) is 17.6. The monoisotopic (exact) mass is 941 g/mol. The van der Waals surface area contributed by atoms with Gasteiger partial charge in [0.25, 0.3) is 0 Å². The third kappa shape index (κ3) is 8.82. The number of hydrogen-bond acceptors (Lipinski definition) is 2. The van der Waals surface area contributed by atoms with Gasteiger partial charge in [0, 0.05) is 66.6 Å². The second-order valence-electron chi connectivity index (χ2n) is 17.2. The summed E-state index contributed by atoms with van der Waals surface area (Å²) < 4.78 is 4.72. The van der Waals surface area contributed by atoms with E-state index in [9.17, 15) is 10.2 Å². The van der Waals surface area contributed by atoms with Crippen molar-refractivity contribution in [3.05, 3.63) is 243 Å². The molecule has 0 saturated carbocycles. The van der Waals surface area contributed by atoms with Gasteiger partial charge in [-0.25, -0.2) is 9.97 Å². The largest absolute Gasteiger partial charge is 2.00 e. The molecular weight excluding hydrogens is 896 g/mol. The molecule has 0 aliphatic carbocycles. The second kappa shape index (κ2) is 20.8. The molecule has 0 bridgehead atoms. The minimum atomic E-state index is 0. The number of para-hydroxylation sites is 4. The normalized spacial score (nSPS) is 11.0. The van der Waals surface area contributed by atoms with Crippen molar-refractivity contribution in [2.24, 2.45) is 0 Å². The van der Waals surface area contributed by atoms with E-state index in [1.54, 1.807) is 24.3 Å². The molecule has 338 valence electrons. The Morgan fingerprint density at radius 2 is 0.667 bits per heavy atom. The quantitative estimate of drug-likeness (QED) is 0.100. The van der Waals surface area contributed by atoms with E-state index in [1.807, 2.05) is 73.1 Å². The van der Waals surface area contributed by atoms with Crippen LogP contribution < -0.4 is 20.2 Å². The summed E-state index contributed by atoms with van der Waals surface area (Å²) in [6.07, 6.45) is 3.68. The number of nitrogens with one attached hydrogen (secondary N) is 2. The molecule has 1 atom stereocenters. The molecule has 0 spiro atoms. The average molecular weight is 942 g/mol. The van der Waals surface area contributed by atoms with Crippen LogP contribution in [0.3, 0.4) is 0 Å². The Balaban J connectivity index is 0.000000144. The van der Waals surface area contributed by atoms with Crippen molar-refractivity contribution >= 4 is 114 Å². The van der Waals surface area contributed by atoms with Gasteiger partial charge in [0.1, 0.15) is 0 Å². The summed E-state index contributed by atoms with van der Waals surface area (Å²) in [7, 11) is 7.17. The standard InChI is InChI=1S/C36H24N2.2C13H9NO.CH4BP.Be/c1-5-13-33-29(9-1)30-10-2-6-14-34(30)37(33)27-21-17-25(18-22-27)26-19-23-28(24-20-26)38-35-15-7-3-11-31(35)32-12-4-8-16-36(32)38;2*15-11-5-1-3-9-6-7-10-4-2-8-14-13(10)12(9)11;2-1-3;/h1-24H;2*1-8,15H;1,3H2;/q;;;;+2. The van der Waals surface area contributed by atoms with Crippen LogP contribution in [-0.2, 0) is 0 Å². The zero-order valence-electron chi connectivity index (χ0n) is 39.4. The van der Waals surface area contributed by atoms with E-state index in [1.165, 1.54) is 66.1 Å². The number of fused-ring (bicyclic) bond motifs is 12. The first-order valence-corrected chi connectivity index (χ1v) is 24.4. The predicted molar refractivity (Wildman–Crippen MR) is 302 cm³/mol. The van der Waals surface area contributed by atoms with Crippen LogP contribution in [-0.4, -0.2) is 33.2 Å². The molecule has 2 N–H and O–H groups in total. The summed E-state index contributed by atoms with van der Waals surface area (Å²) in [5.41, 5.74) is 11.5. The molecule has 10 aromatic carbocycles. The van der Waals surface area contributed by atoms with Crippen LogP contribution >= 0.6 is 9.24 Å². The molecule has 0 saturated heterocycles. The van der Waals surface area contributed by atoms with Crippen LogP contribution in [0.2, 0.25) is 0 Å². The van der Waals surface area contributed by atoms with Gasteiger partial charge in [-0.05, 0) is 94.7 Å². The summed E-state index contributed by atoms with van der Waals surface area (Å²) in [6, 6.07) is 79.7. The van der Waals surface area contributed by atoms with Crippen LogP contribution in [0.15, 0.2) is 243 Å². The molecule has 6 nitrogen and oxygen atoms in total. The van der Waals surface area contributed by atoms with E-state index in [0.717, 1.165) is 43.4 Å². The van der Waals surface area contributed by atoms with Crippen molar-refractivity contribution in [3.8, 4) is 34.0 Å². The maximum absolute atomic E-state index is 11.8. The number of aromatic amines is 2. The molecule has 0 amide bonds. The number of H-pyrrole nitrogens is 2. The molecule has 14 aromatic rings. The Labute approximate surface area is 424 Å². The molecule has 0 fully saturated rings. The fourth-order valence-corrected chi connectivity index (χ4v) is 9.89. The van der Waals surface area contributed by atoms with Crippen molar-refractivity contribution in [1.82, 2.24) is 9.13 Å². The van der Waals surface area contributed by atoms with Crippen molar-refractivity contribution in [2.75, 3.05) is 6.06 Å². The van der Waals surface area contributed by atoms with E-state index < -0.39 is 0 Å². The minimum Gasteiger partial charge on any atom is -0.872 e. The van der Waals surface area contributed by atoms with Crippen LogP contribution in [0, 0.1) is 0 Å². The number of hydrogen-bond donors (Lipinski definition) is 0. The van der Waals surface area contributed by atoms with E-state index in [4.69, 9.17) is 7.85 Å². The van der Waals surface area contributed by atoms with Gasteiger partial charge in [0.05, 0.1) is 29.9 Å². The first-order chi connectivity index (χ1) is 35.0. The maximum atomic E-state index is 11.8. The number of benzene rings is 10. The number of nitrogens with zero attached hydrogens (tertiary/aromatic N) is 2. The van der Waals surface area contributed by atoms with Gasteiger partial charge in [-0.15, -0.1) is 9.24 Å². The number of rotatable bonds is 3. The van der Waals surface area contributed by atoms with Gasteiger partial charge in [0.15, 0.2) is 12.4 Å². The van der Waals surface area contributed by atoms with Crippen LogP contribution in [0.1, 0.15) is 0 Å². The molecule has 1 unspecified atom stereocenters. The van der Waals surface area contributed by atoms with E-state index >= 15 is 0 Å². The third-order valence-corrected chi connectivity index (χ3v) is 13.0. The zero-order valence-corrected chi connectivity index (χ0v) is 40.5. The first-order valence-electron chi connectivity index (χ1n) is 23.6. The minimum absolute atomic E-state index is 0. The molecule has 0 aliphatic heterocycles. The zero-order chi connectivity index (χ0) is 48.3. The molecule has 72 heavy (non-hydrogen) atoms. The Morgan fingerprint density at radius 3 is 1.01 bits per heavy atom. The van der Waals surface area contributed by atoms with Crippen LogP contribution in [0.5, 0.6) is 11.5 Å². The Morgan fingerprint density at radius 1 is 0.361 bits per heavy atom. The smallest absolute Gasteiger partial charge is 0.872 e. The first kappa shape index (κ1) is 47.1. The van der Waals surface area contributed by atoms with Gasteiger partial charge >= 0.3 is 10.1 Å². The topological polar surface area (TPSA) is 84.3 Å². The molecule has 14 rings (SSSR count). The average Bonchev–Trinajstić information content (AvgIpc) is 3.95. The summed E-state index contributed by atoms with van der Waals surface area (Å²) in [5.74, 6) is 0.140. The van der Waals surface area contributed by atoms with E-state index in [-0.39, 0.29) is 21.6 Å². The van der Waals surface area contributed by atoms with Crippen LogP contribution in [0.4, 0.5) is 0 Å². The third-order valence-electron chi connectivity index (χ3n) is 13.0. The van der Waals surface area contributed by atoms with Gasteiger partial charge < -0.3 is 19.3 Å². The van der Waals surface area contributed by atoms with Gasteiger partial charge in [-0.1, -0.05) is 163 Å². The van der Waals surface area contributed by atoms with Crippen molar-refractivity contribution in [2.45, 2.75) is 0 Å². The fraction of sp³-hybridized carbons (Fsp3) is 0.0159. The molecule has 2 radical (unpaired) electrons. The summed E-state index contributed by atoms with van der Waals surface area (Å²) in [6.45, 7) is 0. The van der Waals surface area contributed by atoms with Crippen molar-refractivity contribution < 1.29 is 20.2 Å². The van der Waals surface area contributed by atoms with Crippen molar-refractivity contribution in [1.29, 1.82) is 0 Å². The Bertz CT molecular complexity index is 3840. The SMILES string of the molecule is [B]CP.[Be+2].[O-]c1cccc2ccc3ccc[nH+]c3c12.[O-]c1cccc2ccc3ccc[nH+]c3c12.c1ccc2c(c1)c1ccccc1n2-c1ccc(-c2ccc(-n3c4ccccc4c4ccccc43)cc2)cc1. The molecular formula is C63H46BBeN4O2P+2. The van der Waals surface area contributed by atoms with Gasteiger partial charge in [-0.3, -0.25) is 0 Å². The van der Waals surface area contributed by atoms with E-state index in [0.29, 0.717) is 6.06 Å². The van der Waals surface area contributed by atoms with E-state index in [2.05, 4.69) is 174 Å². The summed E-state index contributed by atoms with van der Waals surface area (Å²) in [4.78, 5) is 6.27. The summed E-state index contributed by atoms with van der Waals surface area (Å²) in [5, 5.41) is 34.3.